The molecule has 1 saturated carbocycles. The van der Waals surface area contributed by atoms with Gasteiger partial charge in [0.05, 0.1) is 6.04 Å². The van der Waals surface area contributed by atoms with Crippen LogP contribution in [0.25, 0.3) is 0 Å². The molecule has 2 atom stereocenters. The quantitative estimate of drug-likeness (QED) is 0.642. The zero-order valence-corrected chi connectivity index (χ0v) is 7.66. The van der Waals surface area contributed by atoms with Crippen LogP contribution in [0.4, 0.5) is 0 Å². The molecule has 0 aromatic rings. The highest BCUT2D eigenvalue weighted by atomic mass is 16.1. The molecule has 1 fully saturated rings. The van der Waals surface area contributed by atoms with E-state index >= 15 is 0 Å². The first-order chi connectivity index (χ1) is 6.11. The number of rotatable bonds is 4. The summed E-state index contributed by atoms with van der Waals surface area (Å²) in [6.45, 7) is 0. The van der Waals surface area contributed by atoms with Gasteiger partial charge in [0, 0.05) is 12.3 Å². The van der Waals surface area contributed by atoms with E-state index in [9.17, 15) is 9.59 Å². The topological polar surface area (TPSA) is 86.2 Å². The van der Waals surface area contributed by atoms with Gasteiger partial charge < -0.3 is 11.5 Å². The molecule has 74 valence electrons. The lowest BCUT2D eigenvalue weighted by molar-refractivity contribution is -0.122. The molecule has 0 spiro atoms. The second-order valence-electron chi connectivity index (χ2n) is 3.64. The molecule has 1 amide bonds. The van der Waals surface area contributed by atoms with Gasteiger partial charge in [0.15, 0.2) is 0 Å². The Kier molecular flexibility index (Phi) is 3.42. The summed E-state index contributed by atoms with van der Waals surface area (Å²) in [5.74, 6) is -0.0347. The van der Waals surface area contributed by atoms with Gasteiger partial charge in [-0.25, -0.2) is 0 Å². The predicted molar refractivity (Wildman–Crippen MR) is 48.8 cm³/mol. The highest BCUT2D eigenvalue weighted by molar-refractivity contribution is 5.83. The van der Waals surface area contributed by atoms with E-state index in [0.29, 0.717) is 25.0 Å². The van der Waals surface area contributed by atoms with Gasteiger partial charge in [0.1, 0.15) is 5.78 Å². The first kappa shape index (κ1) is 10.2. The Labute approximate surface area is 77.7 Å². The molecule has 2 unspecified atom stereocenters. The minimum Gasteiger partial charge on any atom is -0.368 e. The fourth-order valence-corrected chi connectivity index (χ4v) is 1.72. The van der Waals surface area contributed by atoms with E-state index in [1.165, 1.54) is 0 Å². The molecular formula is C9H16N2O2. The first-order valence-electron chi connectivity index (χ1n) is 4.69. The maximum Gasteiger partial charge on any atom is 0.234 e. The van der Waals surface area contributed by atoms with Crippen LogP contribution in [0.5, 0.6) is 0 Å². The fraction of sp³-hybridized carbons (Fsp3) is 0.778. The molecule has 0 aromatic heterocycles. The van der Waals surface area contributed by atoms with Crippen LogP contribution < -0.4 is 11.5 Å². The number of carbonyl (C=O) groups excluding carboxylic acids is 2. The molecule has 1 rings (SSSR count). The summed E-state index contributed by atoms with van der Waals surface area (Å²) in [5, 5.41) is 0. The number of hydrogen-bond acceptors (Lipinski definition) is 3. The van der Waals surface area contributed by atoms with Crippen molar-refractivity contribution in [3.63, 3.8) is 0 Å². The van der Waals surface area contributed by atoms with E-state index < -0.39 is 11.9 Å². The third-order valence-corrected chi connectivity index (χ3v) is 2.62. The number of amides is 1. The van der Waals surface area contributed by atoms with Crippen LogP contribution in [0, 0.1) is 5.92 Å². The first-order valence-corrected chi connectivity index (χ1v) is 4.69. The largest absolute Gasteiger partial charge is 0.368 e. The second kappa shape index (κ2) is 4.37. The second-order valence-corrected chi connectivity index (χ2v) is 3.64. The zero-order chi connectivity index (χ0) is 9.84. The summed E-state index contributed by atoms with van der Waals surface area (Å²) in [6, 6.07) is -0.589. The molecule has 4 heteroatoms. The van der Waals surface area contributed by atoms with Crippen LogP contribution in [-0.4, -0.2) is 17.7 Å². The van der Waals surface area contributed by atoms with Crippen molar-refractivity contribution >= 4 is 11.7 Å². The summed E-state index contributed by atoms with van der Waals surface area (Å²) >= 11 is 0. The molecule has 0 saturated heterocycles. The number of primary amides is 1. The Morgan fingerprint density at radius 2 is 2.31 bits per heavy atom. The van der Waals surface area contributed by atoms with Crippen molar-refractivity contribution in [1.29, 1.82) is 0 Å². The van der Waals surface area contributed by atoms with Crippen LogP contribution >= 0.6 is 0 Å². The normalized spacial score (nSPS) is 24.7. The lowest BCUT2D eigenvalue weighted by Crippen LogP contribution is -2.36. The Balaban J connectivity index is 2.25. The van der Waals surface area contributed by atoms with Gasteiger partial charge in [0.2, 0.25) is 5.91 Å². The van der Waals surface area contributed by atoms with Crippen molar-refractivity contribution in [2.75, 3.05) is 0 Å². The minimum absolute atomic E-state index is 0.130. The van der Waals surface area contributed by atoms with Gasteiger partial charge in [0.25, 0.3) is 0 Å². The fourth-order valence-electron chi connectivity index (χ4n) is 1.72. The van der Waals surface area contributed by atoms with Crippen molar-refractivity contribution in [2.24, 2.45) is 17.4 Å². The van der Waals surface area contributed by atoms with Gasteiger partial charge in [-0.1, -0.05) is 0 Å². The van der Waals surface area contributed by atoms with Crippen molar-refractivity contribution in [2.45, 2.75) is 38.1 Å². The highest BCUT2D eigenvalue weighted by Crippen LogP contribution is 2.25. The lowest BCUT2D eigenvalue weighted by Gasteiger charge is -2.10. The number of ketones is 1. The highest BCUT2D eigenvalue weighted by Gasteiger charge is 2.25. The lowest BCUT2D eigenvalue weighted by atomic mass is 9.98. The molecule has 4 N–H and O–H groups in total. The van der Waals surface area contributed by atoms with Gasteiger partial charge in [-0.2, -0.15) is 0 Å². The minimum atomic E-state index is -0.589. The molecule has 0 radical (unpaired) electrons. The molecular weight excluding hydrogens is 168 g/mol. The molecule has 1 aliphatic carbocycles. The molecule has 0 heterocycles. The van der Waals surface area contributed by atoms with Crippen molar-refractivity contribution in [3.05, 3.63) is 0 Å². The summed E-state index contributed by atoms with van der Waals surface area (Å²) in [7, 11) is 0. The maximum atomic E-state index is 11.2. The van der Waals surface area contributed by atoms with E-state index in [-0.39, 0.29) is 5.92 Å². The Morgan fingerprint density at radius 1 is 1.62 bits per heavy atom. The van der Waals surface area contributed by atoms with Crippen molar-refractivity contribution < 1.29 is 9.59 Å². The van der Waals surface area contributed by atoms with Crippen molar-refractivity contribution in [3.8, 4) is 0 Å². The van der Waals surface area contributed by atoms with Crippen LogP contribution in [0.3, 0.4) is 0 Å². The molecule has 0 aliphatic heterocycles. The predicted octanol–water partition coefficient (Wildman–Crippen LogP) is -0.0516. The van der Waals surface area contributed by atoms with Gasteiger partial charge in [-0.15, -0.1) is 0 Å². The maximum absolute atomic E-state index is 11.2. The average molecular weight is 184 g/mol. The third-order valence-electron chi connectivity index (χ3n) is 2.62. The van der Waals surface area contributed by atoms with Gasteiger partial charge in [-0.3, -0.25) is 9.59 Å². The number of carbonyl (C=O) groups is 2. The number of hydrogen-bond donors (Lipinski definition) is 2. The zero-order valence-electron chi connectivity index (χ0n) is 7.66. The monoisotopic (exact) mass is 184 g/mol. The summed E-state index contributed by atoms with van der Waals surface area (Å²) < 4.78 is 0. The van der Waals surface area contributed by atoms with Gasteiger partial charge >= 0.3 is 0 Å². The Bertz CT molecular complexity index is 216. The van der Waals surface area contributed by atoms with E-state index in [0.717, 1.165) is 12.8 Å². The third kappa shape index (κ3) is 2.81. The molecule has 1 aliphatic rings. The standard InChI is InChI=1S/C9H16N2O2/c10-7(9(11)13)5-4-6-2-1-3-8(6)12/h6-7H,1-5,10H2,(H2,11,13). The number of Topliss-reactive ketones (excluding diaryl/α,β-unsaturated/α-hetero) is 1. The van der Waals surface area contributed by atoms with Crippen LogP contribution in [0.2, 0.25) is 0 Å². The van der Waals surface area contributed by atoms with E-state index in [4.69, 9.17) is 11.5 Å². The van der Waals surface area contributed by atoms with E-state index in [2.05, 4.69) is 0 Å². The number of nitrogens with two attached hydrogens (primary N) is 2. The molecule has 13 heavy (non-hydrogen) atoms. The Hall–Kier alpha value is -0.900. The van der Waals surface area contributed by atoms with Crippen LogP contribution in [0.1, 0.15) is 32.1 Å². The molecule has 0 bridgehead atoms. The van der Waals surface area contributed by atoms with Crippen molar-refractivity contribution in [1.82, 2.24) is 0 Å². The van der Waals surface area contributed by atoms with Crippen LogP contribution in [-0.2, 0) is 9.59 Å². The molecule has 0 aromatic carbocycles. The van der Waals surface area contributed by atoms with E-state index in [1.807, 2.05) is 0 Å². The molecule has 4 nitrogen and oxygen atoms in total. The summed E-state index contributed by atoms with van der Waals surface area (Å²) in [6.07, 6.45) is 3.87. The Morgan fingerprint density at radius 3 is 2.77 bits per heavy atom. The average Bonchev–Trinajstić information content (AvgIpc) is 2.47. The summed E-state index contributed by atoms with van der Waals surface area (Å²) in [5.41, 5.74) is 10.5. The van der Waals surface area contributed by atoms with Gasteiger partial charge in [-0.05, 0) is 25.7 Å². The summed E-state index contributed by atoms with van der Waals surface area (Å²) in [4.78, 5) is 21.8. The SMILES string of the molecule is NC(=O)C(N)CCC1CCCC1=O. The smallest absolute Gasteiger partial charge is 0.234 e. The van der Waals surface area contributed by atoms with E-state index in [1.54, 1.807) is 0 Å². The van der Waals surface area contributed by atoms with Crippen LogP contribution in [0.15, 0.2) is 0 Å².